The SMILES string of the molecule is CC1(CN=C(N)N2CCN(C(=O)OC(C)(C)C)CC2)CCN(C(=O)OC(C)(C)C)CC1.I. The number of ether oxygens (including phenoxy) is 2. The van der Waals surface area contributed by atoms with Crippen molar-refractivity contribution in [2.75, 3.05) is 45.8 Å². The van der Waals surface area contributed by atoms with Crippen LogP contribution in [0.2, 0.25) is 0 Å². The summed E-state index contributed by atoms with van der Waals surface area (Å²) >= 11 is 0. The molecule has 0 aromatic heterocycles. The predicted octanol–water partition coefficient (Wildman–Crippen LogP) is 3.51. The molecule has 0 atom stereocenters. The molecule has 186 valence electrons. The van der Waals surface area contributed by atoms with Gasteiger partial charge in [0.05, 0.1) is 0 Å². The van der Waals surface area contributed by atoms with Gasteiger partial charge in [0.1, 0.15) is 11.2 Å². The first-order valence-corrected chi connectivity index (χ1v) is 11.2. The lowest BCUT2D eigenvalue weighted by Crippen LogP contribution is -2.53. The molecule has 0 radical (unpaired) electrons. The monoisotopic (exact) mass is 567 g/mol. The van der Waals surface area contributed by atoms with Gasteiger partial charge in [-0.15, -0.1) is 24.0 Å². The number of rotatable bonds is 2. The highest BCUT2D eigenvalue weighted by Gasteiger charge is 2.34. The Morgan fingerprint density at radius 2 is 1.19 bits per heavy atom. The summed E-state index contributed by atoms with van der Waals surface area (Å²) in [7, 11) is 0. The van der Waals surface area contributed by atoms with Gasteiger partial charge in [0.15, 0.2) is 5.96 Å². The summed E-state index contributed by atoms with van der Waals surface area (Å²) in [5, 5.41) is 0. The maximum Gasteiger partial charge on any atom is 0.410 e. The first-order valence-electron chi connectivity index (χ1n) is 11.2. The lowest BCUT2D eigenvalue weighted by atomic mass is 9.80. The number of amides is 2. The number of carbonyl (C=O) groups excluding carboxylic acids is 2. The van der Waals surface area contributed by atoms with Gasteiger partial charge in [-0.25, -0.2) is 9.59 Å². The van der Waals surface area contributed by atoms with Crippen LogP contribution in [0.1, 0.15) is 61.3 Å². The third-order valence-corrected chi connectivity index (χ3v) is 5.50. The Kier molecular flexibility index (Phi) is 9.92. The summed E-state index contributed by atoms with van der Waals surface area (Å²) in [6.07, 6.45) is 1.18. The van der Waals surface area contributed by atoms with Gasteiger partial charge in [0.25, 0.3) is 0 Å². The summed E-state index contributed by atoms with van der Waals surface area (Å²) in [5.41, 5.74) is 5.27. The minimum absolute atomic E-state index is 0. The summed E-state index contributed by atoms with van der Waals surface area (Å²) in [6, 6.07) is 0. The quantitative estimate of drug-likeness (QED) is 0.312. The number of aliphatic imine (C=N–C) groups is 1. The van der Waals surface area contributed by atoms with Crippen LogP contribution in [-0.2, 0) is 9.47 Å². The first kappa shape index (κ1) is 28.6. The highest BCUT2D eigenvalue weighted by atomic mass is 127. The molecule has 2 rings (SSSR count). The van der Waals surface area contributed by atoms with Gasteiger partial charge in [0.2, 0.25) is 0 Å². The Hall–Kier alpha value is -1.46. The predicted molar refractivity (Wildman–Crippen MR) is 136 cm³/mol. The van der Waals surface area contributed by atoms with Crippen molar-refractivity contribution in [2.45, 2.75) is 72.5 Å². The smallest absolute Gasteiger partial charge is 0.410 e. The molecule has 2 N–H and O–H groups in total. The Morgan fingerprint density at radius 3 is 1.59 bits per heavy atom. The van der Waals surface area contributed by atoms with Crippen LogP contribution in [0.5, 0.6) is 0 Å². The van der Waals surface area contributed by atoms with Gasteiger partial charge in [-0.1, -0.05) is 6.92 Å². The van der Waals surface area contributed by atoms with E-state index in [9.17, 15) is 9.59 Å². The van der Waals surface area contributed by atoms with E-state index in [1.165, 1.54) is 0 Å². The lowest BCUT2D eigenvalue weighted by Gasteiger charge is -2.39. The zero-order valence-corrected chi connectivity index (χ0v) is 23.1. The number of hydrogen-bond acceptors (Lipinski definition) is 5. The summed E-state index contributed by atoms with van der Waals surface area (Å²) in [5.74, 6) is 0.514. The number of piperidine rings is 1. The van der Waals surface area contributed by atoms with Crippen LogP contribution >= 0.6 is 24.0 Å². The molecule has 2 fully saturated rings. The fraction of sp³-hybridized carbons (Fsp3) is 0.864. The standard InChI is InChI=1S/C22H41N5O4.HI/c1-20(2,3)30-18(28)26-10-8-22(7,9-11-26)16-24-17(23)25-12-14-27(15-13-25)19(29)31-21(4,5)6;/h8-16H2,1-7H3,(H2,23,24);1H. The van der Waals surface area contributed by atoms with E-state index >= 15 is 0 Å². The van der Waals surface area contributed by atoms with Crippen molar-refractivity contribution in [1.29, 1.82) is 0 Å². The molecule has 0 saturated carbocycles. The molecule has 2 aliphatic heterocycles. The molecule has 2 aliphatic rings. The summed E-state index contributed by atoms with van der Waals surface area (Å²) < 4.78 is 10.9. The molecule has 0 aliphatic carbocycles. The van der Waals surface area contributed by atoms with Gasteiger partial charge in [-0.05, 0) is 59.8 Å². The van der Waals surface area contributed by atoms with Crippen LogP contribution in [-0.4, -0.2) is 89.9 Å². The number of carbonyl (C=O) groups is 2. The van der Waals surface area contributed by atoms with Crippen LogP contribution in [0.15, 0.2) is 4.99 Å². The van der Waals surface area contributed by atoms with E-state index in [-0.39, 0.29) is 41.6 Å². The van der Waals surface area contributed by atoms with E-state index < -0.39 is 11.2 Å². The molecule has 0 aromatic rings. The van der Waals surface area contributed by atoms with Crippen molar-refractivity contribution in [2.24, 2.45) is 16.1 Å². The van der Waals surface area contributed by atoms with E-state index in [2.05, 4.69) is 11.9 Å². The van der Waals surface area contributed by atoms with Crippen molar-refractivity contribution in [1.82, 2.24) is 14.7 Å². The molecule has 0 spiro atoms. The zero-order valence-electron chi connectivity index (χ0n) is 20.8. The molecule has 0 bridgehead atoms. The Bertz CT molecular complexity index is 671. The van der Waals surface area contributed by atoms with Crippen LogP contribution < -0.4 is 5.73 Å². The van der Waals surface area contributed by atoms with Crippen molar-refractivity contribution < 1.29 is 19.1 Å². The maximum atomic E-state index is 12.3. The fourth-order valence-corrected chi connectivity index (χ4v) is 3.53. The van der Waals surface area contributed by atoms with Gasteiger partial charge in [-0.2, -0.15) is 0 Å². The normalized spacial score (nSPS) is 19.8. The molecule has 10 heteroatoms. The topological polar surface area (TPSA) is 101 Å². The molecular weight excluding hydrogens is 525 g/mol. The molecule has 32 heavy (non-hydrogen) atoms. The van der Waals surface area contributed by atoms with Gasteiger partial charge < -0.3 is 29.9 Å². The van der Waals surface area contributed by atoms with Gasteiger partial charge in [-0.3, -0.25) is 4.99 Å². The Labute approximate surface area is 210 Å². The molecule has 0 aromatic carbocycles. The van der Waals surface area contributed by atoms with E-state index in [0.717, 1.165) is 12.8 Å². The Balaban J connectivity index is 0.00000512. The minimum Gasteiger partial charge on any atom is -0.444 e. The minimum atomic E-state index is -0.497. The van der Waals surface area contributed by atoms with E-state index in [1.54, 1.807) is 9.80 Å². The van der Waals surface area contributed by atoms with Crippen LogP contribution in [0, 0.1) is 5.41 Å². The second-order valence-corrected chi connectivity index (χ2v) is 10.9. The summed E-state index contributed by atoms with van der Waals surface area (Å²) in [6.45, 7) is 17.8. The van der Waals surface area contributed by atoms with Crippen LogP contribution in [0.3, 0.4) is 0 Å². The highest BCUT2D eigenvalue weighted by molar-refractivity contribution is 14.0. The lowest BCUT2D eigenvalue weighted by molar-refractivity contribution is 0.0127. The van der Waals surface area contributed by atoms with Crippen molar-refractivity contribution in [3.05, 3.63) is 0 Å². The molecule has 2 saturated heterocycles. The molecule has 9 nitrogen and oxygen atoms in total. The fourth-order valence-electron chi connectivity index (χ4n) is 3.53. The number of halogens is 1. The van der Waals surface area contributed by atoms with Gasteiger partial charge >= 0.3 is 12.2 Å². The zero-order chi connectivity index (χ0) is 23.4. The first-order chi connectivity index (χ1) is 14.2. The third-order valence-electron chi connectivity index (χ3n) is 5.50. The van der Waals surface area contributed by atoms with E-state index in [0.29, 0.717) is 51.8 Å². The molecule has 0 unspecified atom stereocenters. The third kappa shape index (κ3) is 9.19. The number of likely N-dealkylation sites (tertiary alicyclic amines) is 1. The second kappa shape index (κ2) is 11.1. The average Bonchev–Trinajstić information content (AvgIpc) is 2.64. The number of guanidine groups is 1. The van der Waals surface area contributed by atoms with Crippen LogP contribution in [0.4, 0.5) is 9.59 Å². The van der Waals surface area contributed by atoms with Crippen molar-refractivity contribution in [3.63, 3.8) is 0 Å². The largest absolute Gasteiger partial charge is 0.444 e. The number of nitrogens with two attached hydrogens (primary N) is 1. The number of nitrogens with zero attached hydrogens (tertiary/aromatic N) is 4. The van der Waals surface area contributed by atoms with Crippen molar-refractivity contribution >= 4 is 42.1 Å². The van der Waals surface area contributed by atoms with E-state index in [4.69, 9.17) is 15.2 Å². The maximum absolute atomic E-state index is 12.3. The number of piperazine rings is 1. The average molecular weight is 568 g/mol. The second-order valence-electron chi connectivity index (χ2n) is 10.9. The highest BCUT2D eigenvalue weighted by Crippen LogP contribution is 2.32. The molecular formula is C22H42IN5O4. The Morgan fingerprint density at radius 1 is 0.812 bits per heavy atom. The summed E-state index contributed by atoms with van der Waals surface area (Å²) in [4.78, 5) is 34.6. The van der Waals surface area contributed by atoms with Gasteiger partial charge in [0, 0.05) is 45.8 Å². The molecule has 2 heterocycles. The van der Waals surface area contributed by atoms with Crippen LogP contribution in [0.25, 0.3) is 0 Å². The number of hydrogen-bond donors (Lipinski definition) is 1. The van der Waals surface area contributed by atoms with Crippen molar-refractivity contribution in [3.8, 4) is 0 Å². The van der Waals surface area contributed by atoms with E-state index in [1.807, 2.05) is 46.4 Å². The molecule has 2 amide bonds.